The number of carbonyl (C=O) groups is 1. The summed E-state index contributed by atoms with van der Waals surface area (Å²) in [5.41, 5.74) is 2.13. The van der Waals surface area contributed by atoms with Gasteiger partial charge in [-0.2, -0.15) is 0 Å². The van der Waals surface area contributed by atoms with E-state index in [4.69, 9.17) is 4.42 Å². The second-order valence-corrected chi connectivity index (χ2v) is 6.81. The van der Waals surface area contributed by atoms with Crippen LogP contribution in [0.4, 0.5) is 0 Å². The molecule has 1 aliphatic heterocycles. The van der Waals surface area contributed by atoms with E-state index >= 15 is 0 Å². The van der Waals surface area contributed by atoms with Gasteiger partial charge in [-0.25, -0.2) is 0 Å². The molecule has 5 heteroatoms. The second kappa shape index (κ2) is 7.15. The molecule has 0 aliphatic carbocycles. The van der Waals surface area contributed by atoms with Crippen LogP contribution in [0.5, 0.6) is 0 Å². The molecule has 0 saturated carbocycles. The normalized spacial score (nSPS) is 18.0. The van der Waals surface area contributed by atoms with Gasteiger partial charge < -0.3 is 14.7 Å². The highest BCUT2D eigenvalue weighted by atomic mass is 16.3. The first kappa shape index (κ1) is 16.0. The highest BCUT2D eigenvalue weighted by Crippen LogP contribution is 2.19. The molecule has 5 nitrogen and oxygen atoms in total. The van der Waals surface area contributed by atoms with Gasteiger partial charge in [0.25, 0.3) is 0 Å². The maximum atomic E-state index is 12.3. The van der Waals surface area contributed by atoms with Crippen molar-refractivity contribution in [3.05, 3.63) is 60.2 Å². The van der Waals surface area contributed by atoms with Crippen molar-refractivity contribution in [2.24, 2.45) is 5.92 Å². The van der Waals surface area contributed by atoms with Crippen LogP contribution in [-0.2, 0) is 17.8 Å². The van der Waals surface area contributed by atoms with Gasteiger partial charge in [-0.3, -0.25) is 9.69 Å². The number of para-hydroxylation sites is 1. The Hall–Kier alpha value is -2.53. The average Bonchev–Trinajstić information content (AvgIpc) is 3.36. The van der Waals surface area contributed by atoms with E-state index in [2.05, 4.69) is 21.3 Å². The molecular formula is C20H23N3O2. The summed E-state index contributed by atoms with van der Waals surface area (Å²) in [4.78, 5) is 17.9. The maximum Gasteiger partial charge on any atom is 0.224 e. The van der Waals surface area contributed by atoms with Crippen LogP contribution in [-0.4, -0.2) is 35.4 Å². The van der Waals surface area contributed by atoms with Crippen LogP contribution < -0.4 is 5.32 Å². The predicted molar refractivity (Wildman–Crippen MR) is 97.1 cm³/mol. The molecule has 0 spiro atoms. The summed E-state index contributed by atoms with van der Waals surface area (Å²) < 4.78 is 5.41. The molecule has 1 fully saturated rings. The number of likely N-dealkylation sites (tertiary alicyclic amines) is 1. The van der Waals surface area contributed by atoms with E-state index in [-0.39, 0.29) is 5.91 Å². The number of fused-ring (bicyclic) bond motifs is 1. The Balaban J connectivity index is 1.25. The summed E-state index contributed by atoms with van der Waals surface area (Å²) in [5, 5.41) is 4.23. The Morgan fingerprint density at radius 1 is 1.28 bits per heavy atom. The van der Waals surface area contributed by atoms with Gasteiger partial charge in [0.1, 0.15) is 5.76 Å². The quantitative estimate of drug-likeness (QED) is 0.727. The third kappa shape index (κ3) is 3.77. The van der Waals surface area contributed by atoms with Gasteiger partial charge in [0.05, 0.1) is 19.2 Å². The minimum absolute atomic E-state index is 0.0919. The van der Waals surface area contributed by atoms with Crippen molar-refractivity contribution in [2.45, 2.75) is 19.4 Å². The van der Waals surface area contributed by atoms with Crippen molar-refractivity contribution in [1.82, 2.24) is 15.2 Å². The van der Waals surface area contributed by atoms with Gasteiger partial charge in [-0.15, -0.1) is 0 Å². The number of hydrogen-bond donors (Lipinski definition) is 2. The monoisotopic (exact) mass is 337 g/mol. The smallest absolute Gasteiger partial charge is 0.224 e. The fraction of sp³-hybridized carbons (Fsp3) is 0.350. The van der Waals surface area contributed by atoms with Crippen LogP contribution in [0.25, 0.3) is 10.9 Å². The predicted octanol–water partition coefficient (Wildman–Crippen LogP) is 2.94. The van der Waals surface area contributed by atoms with E-state index in [1.165, 1.54) is 0 Å². The third-order valence-electron chi connectivity index (χ3n) is 4.94. The van der Waals surface area contributed by atoms with E-state index in [1.54, 1.807) is 6.26 Å². The summed E-state index contributed by atoms with van der Waals surface area (Å²) in [6.45, 7) is 3.67. The summed E-state index contributed by atoms with van der Waals surface area (Å²) in [6, 6.07) is 12.0. The number of amides is 1. The zero-order chi connectivity index (χ0) is 17.1. The fourth-order valence-electron chi connectivity index (χ4n) is 3.62. The van der Waals surface area contributed by atoms with Crippen molar-refractivity contribution in [1.29, 1.82) is 0 Å². The Morgan fingerprint density at radius 3 is 3.08 bits per heavy atom. The minimum Gasteiger partial charge on any atom is -0.468 e. The number of nitrogens with one attached hydrogen (secondary N) is 2. The summed E-state index contributed by atoms with van der Waals surface area (Å²) in [6.07, 6.45) is 5.19. The first-order valence-corrected chi connectivity index (χ1v) is 8.84. The SMILES string of the molecule is O=C(Cc1c[nH]c2ccccc12)NC[C@@H]1CCN(Cc2ccco2)C1. The van der Waals surface area contributed by atoms with Gasteiger partial charge in [-0.05, 0) is 42.6 Å². The highest BCUT2D eigenvalue weighted by Gasteiger charge is 2.23. The molecule has 1 aliphatic rings. The standard InChI is InChI=1S/C20H23N3O2/c24-20(10-16-12-21-19-6-2-1-5-18(16)19)22-11-15-7-8-23(13-15)14-17-4-3-9-25-17/h1-6,9,12,15,21H,7-8,10-11,13-14H2,(H,22,24)/t15-/m0/s1. The third-order valence-corrected chi connectivity index (χ3v) is 4.94. The molecule has 3 heterocycles. The lowest BCUT2D eigenvalue weighted by Crippen LogP contribution is -2.31. The van der Waals surface area contributed by atoms with Crippen LogP contribution in [0.3, 0.4) is 0 Å². The van der Waals surface area contributed by atoms with Crippen molar-refractivity contribution in [3.63, 3.8) is 0 Å². The summed E-state index contributed by atoms with van der Waals surface area (Å²) >= 11 is 0. The Bertz CT molecular complexity index is 838. The lowest BCUT2D eigenvalue weighted by atomic mass is 10.1. The summed E-state index contributed by atoms with van der Waals surface area (Å²) in [5.74, 6) is 1.61. The number of nitrogens with zero attached hydrogens (tertiary/aromatic N) is 1. The first-order valence-electron chi connectivity index (χ1n) is 8.84. The van der Waals surface area contributed by atoms with Gasteiger partial charge in [-0.1, -0.05) is 18.2 Å². The van der Waals surface area contributed by atoms with E-state index < -0.39 is 0 Å². The Kier molecular flexibility index (Phi) is 4.57. The van der Waals surface area contributed by atoms with Gasteiger partial charge in [0, 0.05) is 30.2 Å². The van der Waals surface area contributed by atoms with Crippen molar-refractivity contribution < 1.29 is 9.21 Å². The van der Waals surface area contributed by atoms with E-state index in [1.807, 2.05) is 36.5 Å². The number of H-pyrrole nitrogens is 1. The van der Waals surface area contributed by atoms with Gasteiger partial charge >= 0.3 is 0 Å². The van der Waals surface area contributed by atoms with Crippen molar-refractivity contribution in [2.75, 3.05) is 19.6 Å². The summed E-state index contributed by atoms with van der Waals surface area (Å²) in [7, 11) is 0. The highest BCUT2D eigenvalue weighted by molar-refractivity contribution is 5.88. The van der Waals surface area contributed by atoms with E-state index in [9.17, 15) is 4.79 Å². The first-order chi connectivity index (χ1) is 12.3. The van der Waals surface area contributed by atoms with Crippen LogP contribution >= 0.6 is 0 Å². The molecule has 0 radical (unpaired) electrons. The molecule has 25 heavy (non-hydrogen) atoms. The lowest BCUT2D eigenvalue weighted by molar-refractivity contribution is -0.120. The van der Waals surface area contributed by atoms with Crippen LogP contribution in [0.15, 0.2) is 53.3 Å². The largest absolute Gasteiger partial charge is 0.468 e. The Morgan fingerprint density at radius 2 is 2.20 bits per heavy atom. The number of benzene rings is 1. The number of aromatic amines is 1. The molecule has 130 valence electrons. The molecule has 2 N–H and O–H groups in total. The zero-order valence-electron chi connectivity index (χ0n) is 14.2. The second-order valence-electron chi connectivity index (χ2n) is 6.81. The molecule has 1 saturated heterocycles. The molecule has 0 unspecified atom stereocenters. The minimum atomic E-state index is 0.0919. The van der Waals surface area contributed by atoms with Gasteiger partial charge in [0.2, 0.25) is 5.91 Å². The van der Waals surface area contributed by atoms with Crippen LogP contribution in [0.2, 0.25) is 0 Å². The number of furan rings is 1. The topological polar surface area (TPSA) is 61.3 Å². The molecule has 4 rings (SSSR count). The van der Waals surface area contributed by atoms with E-state index in [0.717, 1.165) is 54.8 Å². The molecule has 0 bridgehead atoms. The average molecular weight is 337 g/mol. The maximum absolute atomic E-state index is 12.3. The number of carbonyl (C=O) groups excluding carboxylic acids is 1. The zero-order valence-corrected chi connectivity index (χ0v) is 14.2. The number of rotatable bonds is 6. The molecule has 3 aromatic rings. The van der Waals surface area contributed by atoms with Crippen LogP contribution in [0, 0.1) is 5.92 Å². The number of aromatic nitrogens is 1. The fourth-order valence-corrected chi connectivity index (χ4v) is 3.62. The molecule has 1 atom stereocenters. The van der Waals surface area contributed by atoms with Crippen LogP contribution in [0.1, 0.15) is 17.7 Å². The van der Waals surface area contributed by atoms with Crippen molar-refractivity contribution in [3.8, 4) is 0 Å². The Labute approximate surface area is 147 Å². The van der Waals surface area contributed by atoms with Crippen molar-refractivity contribution >= 4 is 16.8 Å². The molecule has 1 amide bonds. The molecular weight excluding hydrogens is 314 g/mol. The number of hydrogen-bond acceptors (Lipinski definition) is 3. The van der Waals surface area contributed by atoms with E-state index in [0.29, 0.717) is 12.3 Å². The van der Waals surface area contributed by atoms with Gasteiger partial charge in [0.15, 0.2) is 0 Å². The lowest BCUT2D eigenvalue weighted by Gasteiger charge is -2.15. The molecule has 1 aromatic carbocycles. The molecule has 2 aromatic heterocycles.